The van der Waals surface area contributed by atoms with Gasteiger partial charge in [0, 0.05) is 18.5 Å². The highest BCUT2D eigenvalue weighted by Gasteiger charge is 2.15. The maximum atomic E-state index is 11.9. The molecule has 3 amide bonds. The molecule has 0 atom stereocenters. The van der Waals surface area contributed by atoms with Crippen molar-refractivity contribution in [3.05, 3.63) is 47.0 Å². The first-order valence-electron chi connectivity index (χ1n) is 8.06. The quantitative estimate of drug-likeness (QED) is 0.609. The van der Waals surface area contributed by atoms with Crippen LogP contribution in [0.1, 0.15) is 29.4 Å². The molecule has 0 saturated carbocycles. The number of esters is 1. The molecule has 1 aromatic heterocycles. The molecule has 0 saturated heterocycles. The third kappa shape index (κ3) is 6.52. The van der Waals surface area contributed by atoms with Gasteiger partial charge in [0.25, 0.3) is 5.91 Å². The Labute approximate surface area is 155 Å². The molecule has 8 nitrogen and oxygen atoms in total. The number of nitrogens with zero attached hydrogens (tertiary/aromatic N) is 1. The normalized spacial score (nSPS) is 10.0. The molecule has 138 valence electrons. The van der Waals surface area contributed by atoms with Crippen molar-refractivity contribution < 1.29 is 19.1 Å². The van der Waals surface area contributed by atoms with Crippen molar-refractivity contribution in [2.24, 2.45) is 0 Å². The second kappa shape index (κ2) is 10.1. The summed E-state index contributed by atoms with van der Waals surface area (Å²) in [6.07, 6.45) is 0.751. The zero-order valence-corrected chi connectivity index (χ0v) is 15.1. The molecular formula is C17H20N4O4S. The van der Waals surface area contributed by atoms with Crippen molar-refractivity contribution in [1.29, 1.82) is 0 Å². The molecule has 1 heterocycles. The van der Waals surface area contributed by atoms with Crippen molar-refractivity contribution in [1.82, 2.24) is 15.6 Å². The van der Waals surface area contributed by atoms with E-state index in [9.17, 15) is 14.4 Å². The predicted molar refractivity (Wildman–Crippen MR) is 98.0 cm³/mol. The molecule has 1 aromatic carbocycles. The van der Waals surface area contributed by atoms with E-state index in [1.165, 1.54) is 11.3 Å². The van der Waals surface area contributed by atoms with Gasteiger partial charge in [0.05, 0.1) is 0 Å². The van der Waals surface area contributed by atoms with Gasteiger partial charge >= 0.3 is 12.0 Å². The largest absolute Gasteiger partial charge is 0.451 e. The minimum Gasteiger partial charge on any atom is -0.451 e. The summed E-state index contributed by atoms with van der Waals surface area (Å²) < 4.78 is 4.86. The van der Waals surface area contributed by atoms with Crippen LogP contribution in [0.4, 0.5) is 9.93 Å². The highest BCUT2D eigenvalue weighted by atomic mass is 32.1. The van der Waals surface area contributed by atoms with Crippen molar-refractivity contribution in [3.63, 3.8) is 0 Å². The predicted octanol–water partition coefficient (Wildman–Crippen LogP) is 2.15. The monoisotopic (exact) mass is 376 g/mol. The maximum Gasteiger partial charge on any atom is 0.358 e. The van der Waals surface area contributed by atoms with Gasteiger partial charge in [0.15, 0.2) is 17.4 Å². The number of aromatic nitrogens is 1. The number of hydrogen-bond acceptors (Lipinski definition) is 7. The van der Waals surface area contributed by atoms with Crippen molar-refractivity contribution >= 4 is 34.4 Å². The van der Waals surface area contributed by atoms with Gasteiger partial charge in [-0.15, -0.1) is 11.3 Å². The fraction of sp³-hybridized carbons (Fsp3) is 0.294. The highest BCUT2D eigenvalue weighted by Crippen LogP contribution is 2.17. The van der Waals surface area contributed by atoms with Crippen LogP contribution >= 0.6 is 11.3 Å². The van der Waals surface area contributed by atoms with Gasteiger partial charge in [-0.25, -0.2) is 14.6 Å². The molecular weight excluding hydrogens is 356 g/mol. The average molecular weight is 376 g/mol. The van der Waals surface area contributed by atoms with Crippen LogP contribution in [0.5, 0.6) is 0 Å². The second-order valence-corrected chi connectivity index (χ2v) is 6.12. The number of imide groups is 1. The molecule has 2 aromatic rings. The van der Waals surface area contributed by atoms with Crippen LogP contribution in [0.25, 0.3) is 0 Å². The number of hydrogen-bond donors (Lipinski definition) is 3. The number of anilines is 1. The molecule has 0 unspecified atom stereocenters. The topological polar surface area (TPSA) is 109 Å². The maximum absolute atomic E-state index is 11.9. The van der Waals surface area contributed by atoms with Crippen LogP contribution in [-0.2, 0) is 16.1 Å². The summed E-state index contributed by atoms with van der Waals surface area (Å²) in [7, 11) is 0. The Balaban J connectivity index is 1.75. The number of ether oxygens (including phenoxy) is 1. The van der Waals surface area contributed by atoms with E-state index in [0.29, 0.717) is 18.2 Å². The summed E-state index contributed by atoms with van der Waals surface area (Å²) in [6, 6.07) is 9.15. The summed E-state index contributed by atoms with van der Waals surface area (Å²) in [5, 5.41) is 9.78. The summed E-state index contributed by atoms with van der Waals surface area (Å²) >= 11 is 1.26. The number of amides is 3. The molecule has 0 spiro atoms. The van der Waals surface area contributed by atoms with Gasteiger partial charge in [-0.1, -0.05) is 37.3 Å². The van der Waals surface area contributed by atoms with Crippen LogP contribution in [0, 0.1) is 0 Å². The van der Waals surface area contributed by atoms with Gasteiger partial charge in [0.1, 0.15) is 0 Å². The number of thiazole rings is 1. The highest BCUT2D eigenvalue weighted by molar-refractivity contribution is 7.13. The minimum absolute atomic E-state index is 0.105. The molecule has 3 N–H and O–H groups in total. The fourth-order valence-corrected chi connectivity index (χ4v) is 2.55. The van der Waals surface area contributed by atoms with Crippen LogP contribution in [0.3, 0.4) is 0 Å². The molecule has 2 rings (SSSR count). The number of carbonyl (C=O) groups is 3. The van der Waals surface area contributed by atoms with Crippen LogP contribution < -0.4 is 16.0 Å². The van der Waals surface area contributed by atoms with Gasteiger partial charge in [-0.05, 0) is 12.0 Å². The first-order chi connectivity index (χ1) is 12.6. The Kier molecular flexibility index (Phi) is 7.56. The Morgan fingerprint density at radius 1 is 1.19 bits per heavy atom. The Bertz CT molecular complexity index is 748. The van der Waals surface area contributed by atoms with E-state index in [1.807, 2.05) is 37.3 Å². The van der Waals surface area contributed by atoms with Crippen molar-refractivity contribution in [2.75, 3.05) is 18.5 Å². The van der Waals surface area contributed by atoms with E-state index in [4.69, 9.17) is 4.74 Å². The van der Waals surface area contributed by atoms with E-state index in [2.05, 4.69) is 20.9 Å². The number of carbonyl (C=O) groups excluding carboxylic acids is 3. The van der Waals surface area contributed by atoms with Gasteiger partial charge < -0.3 is 15.4 Å². The molecule has 0 aliphatic carbocycles. The molecule has 0 bridgehead atoms. The van der Waals surface area contributed by atoms with Gasteiger partial charge in [0.2, 0.25) is 0 Å². The summed E-state index contributed by atoms with van der Waals surface area (Å²) in [5.41, 5.74) is 1.19. The Morgan fingerprint density at radius 2 is 1.96 bits per heavy atom. The summed E-state index contributed by atoms with van der Waals surface area (Å²) in [4.78, 5) is 38.9. The summed E-state index contributed by atoms with van der Waals surface area (Å²) in [5.74, 6) is -1.43. The van der Waals surface area contributed by atoms with Gasteiger partial charge in [-0.3, -0.25) is 10.1 Å². The lowest BCUT2D eigenvalue weighted by atomic mass is 10.2. The fourth-order valence-electron chi connectivity index (χ4n) is 1.87. The molecule has 0 radical (unpaired) electrons. The van der Waals surface area contributed by atoms with Crippen LogP contribution in [0.2, 0.25) is 0 Å². The number of nitrogens with one attached hydrogen (secondary N) is 3. The molecule has 0 aliphatic heterocycles. The van der Waals surface area contributed by atoms with E-state index in [0.717, 1.165) is 12.0 Å². The molecule has 0 aliphatic rings. The number of urea groups is 1. The van der Waals surface area contributed by atoms with Gasteiger partial charge in [-0.2, -0.15) is 0 Å². The SMILES string of the molecule is CCCNC(=O)NC(=O)COC(=O)c1csc(NCc2ccccc2)n1. The Morgan fingerprint density at radius 3 is 2.69 bits per heavy atom. The first-order valence-corrected chi connectivity index (χ1v) is 8.94. The lowest BCUT2D eigenvalue weighted by Crippen LogP contribution is -2.41. The average Bonchev–Trinajstić information content (AvgIpc) is 3.13. The summed E-state index contributed by atoms with van der Waals surface area (Å²) in [6.45, 7) is 2.37. The van der Waals surface area contributed by atoms with E-state index >= 15 is 0 Å². The van der Waals surface area contributed by atoms with E-state index < -0.39 is 24.5 Å². The van der Waals surface area contributed by atoms with Crippen molar-refractivity contribution in [3.8, 4) is 0 Å². The lowest BCUT2D eigenvalue weighted by Gasteiger charge is -2.05. The standard InChI is InChI=1S/C17H20N4O4S/c1-2-8-18-16(24)21-14(22)10-25-15(23)13-11-26-17(20-13)19-9-12-6-4-3-5-7-12/h3-7,11H,2,8-10H2,1H3,(H,19,20)(H2,18,21,22,24). The zero-order valence-electron chi connectivity index (χ0n) is 14.3. The van der Waals surface area contributed by atoms with E-state index in [-0.39, 0.29) is 5.69 Å². The minimum atomic E-state index is -0.724. The van der Waals surface area contributed by atoms with E-state index in [1.54, 1.807) is 5.38 Å². The third-order valence-corrected chi connectivity index (χ3v) is 3.92. The number of benzene rings is 1. The molecule has 9 heteroatoms. The second-order valence-electron chi connectivity index (χ2n) is 5.26. The lowest BCUT2D eigenvalue weighted by molar-refractivity contribution is -0.123. The Hall–Kier alpha value is -2.94. The first kappa shape index (κ1) is 19.4. The molecule has 0 fully saturated rings. The third-order valence-electron chi connectivity index (χ3n) is 3.12. The smallest absolute Gasteiger partial charge is 0.358 e. The van der Waals surface area contributed by atoms with Crippen molar-refractivity contribution in [2.45, 2.75) is 19.9 Å². The number of rotatable bonds is 8. The zero-order chi connectivity index (χ0) is 18.8. The molecule has 26 heavy (non-hydrogen) atoms. The van der Waals surface area contributed by atoms with Crippen LogP contribution in [-0.4, -0.2) is 36.0 Å². The van der Waals surface area contributed by atoms with Crippen LogP contribution in [0.15, 0.2) is 35.7 Å².